The Morgan fingerprint density at radius 1 is 1.04 bits per heavy atom. The third-order valence-electron chi connectivity index (χ3n) is 7.89. The number of carbonyl (C=O) groups excluding carboxylic acids is 1. The number of hydrogen-bond acceptors (Lipinski definition) is 10. The third-order valence-corrected chi connectivity index (χ3v) is 15.3. The molecule has 0 N–H and O–H groups in total. The average Bonchev–Trinajstić information content (AvgIpc) is 3.51. The number of halogens is 2. The van der Waals surface area contributed by atoms with Gasteiger partial charge >= 0.3 is 6.09 Å². The summed E-state index contributed by atoms with van der Waals surface area (Å²) in [6, 6.07) is 6.84. The molecule has 0 unspecified atom stereocenters. The molecule has 1 amide bonds. The van der Waals surface area contributed by atoms with Crippen LogP contribution in [-0.4, -0.2) is 65.2 Å². The fourth-order valence-corrected chi connectivity index (χ4v) is 7.88. The van der Waals surface area contributed by atoms with Crippen LogP contribution in [0.25, 0.3) is 0 Å². The van der Waals surface area contributed by atoms with E-state index in [1.165, 1.54) is 25.4 Å². The lowest BCUT2D eigenvalue weighted by Gasteiger charge is -2.36. The summed E-state index contributed by atoms with van der Waals surface area (Å²) in [5.41, 5.74) is -0.402. The number of carbonyl (C=O) groups is 1. The highest BCUT2D eigenvalue weighted by atomic mass is 35.5. The second-order valence-corrected chi connectivity index (χ2v) is 21.4. The summed E-state index contributed by atoms with van der Waals surface area (Å²) in [5.74, 6) is -0.247. The first-order chi connectivity index (χ1) is 22.2. The molecule has 2 aromatic carbocycles. The highest BCUT2D eigenvalue weighted by molar-refractivity contribution is 7.93. The van der Waals surface area contributed by atoms with Crippen molar-refractivity contribution >= 4 is 58.4 Å². The lowest BCUT2D eigenvalue weighted by molar-refractivity contribution is 0.0579. The zero-order chi connectivity index (χ0) is 36.1. The zero-order valence-corrected chi connectivity index (χ0v) is 32.6. The minimum Gasteiger partial charge on any atom is -0.497 e. The van der Waals surface area contributed by atoms with Crippen molar-refractivity contribution in [2.45, 2.75) is 89.6 Å². The lowest BCUT2D eigenvalue weighted by atomic mass is 10.2. The number of anilines is 2. The molecule has 0 saturated heterocycles. The minimum atomic E-state index is -4.61. The van der Waals surface area contributed by atoms with Gasteiger partial charge in [0.2, 0.25) is 5.13 Å². The Morgan fingerprint density at radius 2 is 1.73 bits per heavy atom. The van der Waals surface area contributed by atoms with Crippen molar-refractivity contribution in [1.82, 2.24) is 9.36 Å². The van der Waals surface area contributed by atoms with Crippen LogP contribution in [0.4, 0.5) is 20.0 Å². The van der Waals surface area contributed by atoms with Gasteiger partial charge < -0.3 is 18.6 Å². The van der Waals surface area contributed by atoms with Crippen LogP contribution in [0, 0.1) is 5.82 Å². The highest BCUT2D eigenvalue weighted by Crippen LogP contribution is 2.38. The molecule has 0 radical (unpaired) electrons. The first kappa shape index (κ1) is 39.5. The van der Waals surface area contributed by atoms with E-state index in [9.17, 15) is 13.2 Å². The van der Waals surface area contributed by atoms with Gasteiger partial charge in [-0.15, -0.1) is 0 Å². The molecule has 0 fully saturated rings. The van der Waals surface area contributed by atoms with Gasteiger partial charge in [0.05, 0.1) is 31.5 Å². The molecule has 3 rings (SSSR count). The summed E-state index contributed by atoms with van der Waals surface area (Å²) in [7, 11) is -3.63. The van der Waals surface area contributed by atoms with Gasteiger partial charge in [-0.05, 0) is 69.9 Å². The van der Waals surface area contributed by atoms with Crippen molar-refractivity contribution in [3.63, 3.8) is 0 Å². The molecule has 1 aromatic heterocycles. The monoisotopic (exact) mass is 744 g/mol. The summed E-state index contributed by atoms with van der Waals surface area (Å²) >= 11 is 7.48. The van der Waals surface area contributed by atoms with Crippen molar-refractivity contribution in [2.75, 3.05) is 36.6 Å². The molecule has 1 heterocycles. The summed E-state index contributed by atoms with van der Waals surface area (Å²) in [5, 5.41) is -0.102. The average molecular weight is 745 g/mol. The fraction of sp³-hybridized carbons (Fsp3) is 0.531. The van der Waals surface area contributed by atoms with Crippen molar-refractivity contribution in [3.05, 3.63) is 53.1 Å². The van der Waals surface area contributed by atoms with E-state index in [1.54, 1.807) is 39.0 Å². The fourth-order valence-electron chi connectivity index (χ4n) is 4.25. The van der Waals surface area contributed by atoms with Gasteiger partial charge in [0.1, 0.15) is 34.1 Å². The number of amides is 1. The molecule has 266 valence electrons. The van der Waals surface area contributed by atoms with Crippen molar-refractivity contribution < 1.29 is 36.2 Å². The van der Waals surface area contributed by atoms with Gasteiger partial charge in [0.15, 0.2) is 8.32 Å². The van der Waals surface area contributed by atoms with Gasteiger partial charge in [0, 0.05) is 42.4 Å². The number of sulfonamides is 1. The normalized spacial score (nSPS) is 12.5. The number of methoxy groups -OCH3 is 2. The number of aromatic nitrogens is 2. The van der Waals surface area contributed by atoms with Gasteiger partial charge in [-0.2, -0.15) is 4.37 Å². The number of benzene rings is 2. The van der Waals surface area contributed by atoms with Crippen LogP contribution < -0.4 is 18.7 Å². The molecule has 0 spiro atoms. The van der Waals surface area contributed by atoms with Crippen LogP contribution in [0.15, 0.2) is 41.6 Å². The van der Waals surface area contributed by atoms with Gasteiger partial charge in [-0.1, -0.05) is 32.4 Å². The molecule has 0 atom stereocenters. The molecule has 48 heavy (non-hydrogen) atoms. The second-order valence-electron chi connectivity index (χ2n) is 13.6. The molecule has 0 aliphatic rings. The number of nitrogens with zero attached hydrogens (tertiary/aromatic N) is 4. The van der Waals surface area contributed by atoms with E-state index in [2.05, 4.69) is 43.2 Å². The number of ether oxygens (including phenoxy) is 3. The van der Waals surface area contributed by atoms with Crippen LogP contribution >= 0.6 is 23.1 Å². The van der Waals surface area contributed by atoms with E-state index < -0.39 is 40.7 Å². The lowest BCUT2D eigenvalue weighted by Crippen LogP contribution is -2.41. The molecule has 3 aromatic rings. The molecule has 0 bridgehead atoms. The molecule has 0 aliphatic carbocycles. The van der Waals surface area contributed by atoms with E-state index in [-0.39, 0.29) is 34.0 Å². The van der Waals surface area contributed by atoms with E-state index in [4.69, 9.17) is 30.2 Å². The number of rotatable bonds is 14. The number of hydrogen-bond donors (Lipinski definition) is 0. The van der Waals surface area contributed by atoms with Gasteiger partial charge in [0.25, 0.3) is 10.0 Å². The van der Waals surface area contributed by atoms with E-state index in [1.807, 2.05) is 0 Å². The van der Waals surface area contributed by atoms with Crippen molar-refractivity contribution in [1.29, 1.82) is 0 Å². The Kier molecular flexibility index (Phi) is 12.9. The molecular formula is C32H46ClFN4O7S2Si. The Labute approximate surface area is 293 Å². The SMILES string of the molecule is COc1ccc(CN(c2ncns2)S(=O)(=O)c2cc(Cl)c(N(CCCCO[Si](C)(C)C(C)(C)C)C(=O)OC(C)(C)C)cc2F)c(OC)c1. The maximum atomic E-state index is 16.0. The standard InChI is InChI=1S/C32H46ClFN4O7S2Si/c1-31(2,3)45-30(39)37(15-11-12-16-44-48(9,10)32(4,5)6)26-19-25(34)28(18-24(26)33)47(40,41)38(29-35-21-36-46-29)20-22-13-14-23(42-7)17-27(22)43-8/h13-14,17-19,21H,11-12,15-16,20H2,1-10H3. The smallest absolute Gasteiger partial charge is 0.414 e. The topological polar surface area (TPSA) is 120 Å². The predicted molar refractivity (Wildman–Crippen MR) is 190 cm³/mol. The van der Waals surface area contributed by atoms with E-state index in [0.717, 1.165) is 28.0 Å². The highest BCUT2D eigenvalue weighted by Gasteiger charge is 2.37. The maximum Gasteiger partial charge on any atom is 0.414 e. The Bertz CT molecular complexity index is 1660. The van der Waals surface area contributed by atoms with Crippen LogP contribution in [0.3, 0.4) is 0 Å². The zero-order valence-electron chi connectivity index (χ0n) is 29.2. The molecule has 16 heteroatoms. The minimum absolute atomic E-state index is 0.00256. The molecular weight excluding hydrogens is 699 g/mol. The molecule has 11 nitrogen and oxygen atoms in total. The summed E-state index contributed by atoms with van der Waals surface area (Å²) < 4.78 is 71.7. The van der Waals surface area contributed by atoms with Crippen LogP contribution in [-0.2, 0) is 25.7 Å². The predicted octanol–water partition coefficient (Wildman–Crippen LogP) is 8.29. The number of unbranched alkanes of at least 4 members (excludes halogenated alkanes) is 1. The molecule has 0 aliphatic heterocycles. The van der Waals surface area contributed by atoms with Crippen LogP contribution in [0.5, 0.6) is 11.5 Å². The Balaban J connectivity index is 1.97. The van der Waals surface area contributed by atoms with Crippen molar-refractivity contribution in [3.8, 4) is 11.5 Å². The largest absolute Gasteiger partial charge is 0.497 e. The van der Waals surface area contributed by atoms with E-state index in [0.29, 0.717) is 36.5 Å². The third kappa shape index (κ3) is 9.80. The summed E-state index contributed by atoms with van der Waals surface area (Å²) in [6.07, 6.45) is 1.59. The van der Waals surface area contributed by atoms with Crippen LogP contribution in [0.1, 0.15) is 59.9 Å². The first-order valence-electron chi connectivity index (χ1n) is 15.4. The Hall–Kier alpha value is -2.98. The van der Waals surface area contributed by atoms with Crippen molar-refractivity contribution in [2.24, 2.45) is 0 Å². The van der Waals surface area contributed by atoms with Crippen LogP contribution in [0.2, 0.25) is 23.2 Å². The quantitative estimate of drug-likeness (QED) is 0.119. The van der Waals surface area contributed by atoms with Gasteiger partial charge in [-0.3, -0.25) is 4.90 Å². The van der Waals surface area contributed by atoms with Gasteiger partial charge in [-0.25, -0.2) is 26.9 Å². The Morgan fingerprint density at radius 3 is 2.29 bits per heavy atom. The summed E-state index contributed by atoms with van der Waals surface area (Å²) in [6.45, 7) is 16.3. The summed E-state index contributed by atoms with van der Waals surface area (Å²) in [4.78, 5) is 18.0. The maximum absolute atomic E-state index is 16.0. The molecule has 0 saturated carbocycles. The first-order valence-corrected chi connectivity index (χ1v) is 20.9. The van der Waals surface area contributed by atoms with E-state index >= 15 is 4.39 Å². The second kappa shape index (κ2) is 15.7.